The Kier molecular flexibility index (Phi) is 5.69. The van der Waals surface area contributed by atoms with Gasteiger partial charge in [-0.1, -0.05) is 6.07 Å². The molecule has 0 fully saturated rings. The molecular weight excluding hydrogens is 422 g/mol. The minimum absolute atomic E-state index is 0.0380. The fourth-order valence-electron chi connectivity index (χ4n) is 3.42. The number of primary amides is 1. The number of hydrogen-bond donors (Lipinski definition) is 3. The van der Waals surface area contributed by atoms with Crippen molar-refractivity contribution in [3.63, 3.8) is 0 Å². The molecule has 0 aliphatic rings. The third-order valence-electron chi connectivity index (χ3n) is 5.39. The van der Waals surface area contributed by atoms with E-state index in [1.165, 1.54) is 0 Å². The van der Waals surface area contributed by atoms with Crippen LogP contribution in [0.5, 0.6) is 6.01 Å². The van der Waals surface area contributed by atoms with Crippen LogP contribution in [-0.2, 0) is 4.74 Å². The van der Waals surface area contributed by atoms with Crippen LogP contribution in [0.1, 0.15) is 29.9 Å². The number of aryl methyl sites for hydroxylation is 1. The summed E-state index contributed by atoms with van der Waals surface area (Å²) in [6, 6.07) is 7.50. The highest BCUT2D eigenvalue weighted by Gasteiger charge is 2.21. The molecule has 0 saturated heterocycles. The number of fused-ring (bicyclic) bond motifs is 1. The van der Waals surface area contributed by atoms with E-state index < -0.39 is 11.5 Å². The molecule has 4 aromatic rings. The molecule has 33 heavy (non-hydrogen) atoms. The fourth-order valence-corrected chi connectivity index (χ4v) is 3.42. The maximum atomic E-state index is 12.2. The van der Waals surface area contributed by atoms with Crippen molar-refractivity contribution >= 4 is 22.5 Å². The third-order valence-corrected chi connectivity index (χ3v) is 5.39. The molecule has 1 aromatic carbocycles. The van der Waals surface area contributed by atoms with Crippen molar-refractivity contribution in [2.45, 2.75) is 26.4 Å². The number of ether oxygens (including phenoxy) is 2. The Balaban J connectivity index is 1.85. The number of aromatic nitrogens is 5. The zero-order valence-corrected chi connectivity index (χ0v) is 18.8. The van der Waals surface area contributed by atoms with Crippen LogP contribution in [-0.4, -0.2) is 50.4 Å². The lowest BCUT2D eigenvalue weighted by molar-refractivity contribution is -0.0170. The van der Waals surface area contributed by atoms with E-state index in [4.69, 9.17) is 20.9 Å². The highest BCUT2D eigenvalue weighted by Crippen LogP contribution is 2.37. The van der Waals surface area contributed by atoms with Gasteiger partial charge in [-0.25, -0.2) is 9.97 Å². The Morgan fingerprint density at radius 1 is 1.18 bits per heavy atom. The van der Waals surface area contributed by atoms with Crippen molar-refractivity contribution in [1.29, 1.82) is 0 Å². The number of anilines is 1. The quantitative estimate of drug-likeness (QED) is 0.390. The number of methoxy groups -OCH3 is 1. The van der Waals surface area contributed by atoms with E-state index in [1.807, 2.05) is 32.9 Å². The number of nitrogen functional groups attached to an aromatic ring is 1. The molecule has 0 atom stereocenters. The Bertz CT molecular complexity index is 1350. The molecule has 4 rings (SSSR count). The van der Waals surface area contributed by atoms with Crippen LogP contribution in [0.2, 0.25) is 0 Å². The SMILES string of the molecule is COC(C)(C)COc1nccc(-c2cc(-c3c(C)ccc4[nH]ncc34)c(N)c(C(N)=O)n2)n1. The number of benzene rings is 1. The van der Waals surface area contributed by atoms with E-state index in [9.17, 15) is 4.79 Å². The van der Waals surface area contributed by atoms with Crippen molar-refractivity contribution in [3.05, 3.63) is 47.9 Å². The average molecular weight is 447 g/mol. The lowest BCUT2D eigenvalue weighted by Crippen LogP contribution is -2.31. The molecule has 3 aromatic heterocycles. The Labute approximate surface area is 190 Å². The number of hydrogen-bond acceptors (Lipinski definition) is 8. The first-order valence-electron chi connectivity index (χ1n) is 10.2. The molecule has 5 N–H and O–H groups in total. The Hall–Kier alpha value is -4.05. The number of aromatic amines is 1. The molecule has 10 heteroatoms. The predicted molar refractivity (Wildman–Crippen MR) is 125 cm³/mol. The second-order valence-electron chi connectivity index (χ2n) is 8.25. The Morgan fingerprint density at radius 2 is 1.97 bits per heavy atom. The molecule has 1 amide bonds. The van der Waals surface area contributed by atoms with Crippen LogP contribution in [0.25, 0.3) is 33.4 Å². The lowest BCUT2D eigenvalue weighted by Gasteiger charge is -2.22. The van der Waals surface area contributed by atoms with Crippen LogP contribution < -0.4 is 16.2 Å². The number of pyridine rings is 1. The zero-order valence-electron chi connectivity index (χ0n) is 18.8. The summed E-state index contributed by atoms with van der Waals surface area (Å²) in [5.74, 6) is -0.736. The van der Waals surface area contributed by atoms with Crippen LogP contribution in [0, 0.1) is 6.92 Å². The monoisotopic (exact) mass is 447 g/mol. The van der Waals surface area contributed by atoms with Gasteiger partial charge >= 0.3 is 6.01 Å². The lowest BCUT2D eigenvalue weighted by atomic mass is 9.94. The maximum absolute atomic E-state index is 12.2. The van der Waals surface area contributed by atoms with E-state index in [1.54, 1.807) is 31.6 Å². The molecule has 10 nitrogen and oxygen atoms in total. The number of carbonyl (C=O) groups excluding carboxylic acids is 1. The largest absolute Gasteiger partial charge is 0.460 e. The summed E-state index contributed by atoms with van der Waals surface area (Å²) in [7, 11) is 1.61. The standard InChI is InChI=1S/C23H25N7O3/c1-12-5-6-15-14(10-27-30-15)18(12)13-9-17(28-20(19(13)24)21(25)31)16-7-8-26-22(29-16)33-11-23(2,3)32-4/h5-10H,11,24H2,1-4H3,(H2,25,31)(H,27,30). The molecule has 170 valence electrons. The van der Waals surface area contributed by atoms with Crippen LogP contribution in [0.15, 0.2) is 36.7 Å². The first-order chi connectivity index (χ1) is 15.7. The number of nitrogens with two attached hydrogens (primary N) is 2. The van der Waals surface area contributed by atoms with Gasteiger partial charge in [-0.3, -0.25) is 9.89 Å². The van der Waals surface area contributed by atoms with Gasteiger partial charge in [-0.2, -0.15) is 10.1 Å². The molecule has 0 unspecified atom stereocenters. The van der Waals surface area contributed by atoms with Gasteiger partial charge in [0.25, 0.3) is 5.91 Å². The van der Waals surface area contributed by atoms with Gasteiger partial charge in [0.1, 0.15) is 6.61 Å². The van der Waals surface area contributed by atoms with Crippen molar-refractivity contribution in [2.75, 3.05) is 19.5 Å². The van der Waals surface area contributed by atoms with Crippen LogP contribution in [0.3, 0.4) is 0 Å². The van der Waals surface area contributed by atoms with Crippen molar-refractivity contribution in [1.82, 2.24) is 25.1 Å². The van der Waals surface area contributed by atoms with Gasteiger partial charge < -0.3 is 20.9 Å². The van der Waals surface area contributed by atoms with Crippen LogP contribution >= 0.6 is 0 Å². The van der Waals surface area contributed by atoms with Crippen LogP contribution in [0.4, 0.5) is 5.69 Å². The topological polar surface area (TPSA) is 155 Å². The summed E-state index contributed by atoms with van der Waals surface area (Å²) in [4.78, 5) is 25.2. The number of amides is 1. The summed E-state index contributed by atoms with van der Waals surface area (Å²) in [5, 5.41) is 7.95. The van der Waals surface area contributed by atoms with Gasteiger partial charge in [0.15, 0.2) is 5.69 Å². The smallest absolute Gasteiger partial charge is 0.317 e. The second-order valence-corrected chi connectivity index (χ2v) is 8.25. The second kappa shape index (κ2) is 8.47. The van der Waals surface area contributed by atoms with Crippen molar-refractivity contribution in [2.24, 2.45) is 5.73 Å². The molecule has 0 saturated carbocycles. The predicted octanol–water partition coefficient (Wildman–Crippen LogP) is 2.88. The molecule has 0 spiro atoms. The zero-order chi connectivity index (χ0) is 23.8. The first kappa shape index (κ1) is 22.2. The van der Waals surface area contributed by atoms with Crippen molar-refractivity contribution < 1.29 is 14.3 Å². The molecule has 3 heterocycles. The normalized spacial score (nSPS) is 11.6. The van der Waals surface area contributed by atoms with Gasteiger partial charge in [0.05, 0.1) is 34.4 Å². The third kappa shape index (κ3) is 4.33. The molecule has 0 radical (unpaired) electrons. The molecule has 0 aliphatic carbocycles. The van der Waals surface area contributed by atoms with E-state index in [2.05, 4.69) is 25.1 Å². The number of nitrogens with one attached hydrogen (secondary N) is 1. The van der Waals surface area contributed by atoms with E-state index in [0.717, 1.165) is 22.0 Å². The first-order valence-corrected chi connectivity index (χ1v) is 10.2. The van der Waals surface area contributed by atoms with E-state index in [-0.39, 0.29) is 24.0 Å². The number of nitrogens with zero attached hydrogens (tertiary/aromatic N) is 4. The van der Waals surface area contributed by atoms with E-state index in [0.29, 0.717) is 17.0 Å². The number of H-pyrrole nitrogens is 1. The molecule has 0 aliphatic heterocycles. The summed E-state index contributed by atoms with van der Waals surface area (Å²) >= 11 is 0. The average Bonchev–Trinajstić information content (AvgIpc) is 3.27. The molecular formula is C23H25N7O3. The molecule has 0 bridgehead atoms. The summed E-state index contributed by atoms with van der Waals surface area (Å²) in [5.41, 5.74) is 15.7. The van der Waals surface area contributed by atoms with Gasteiger partial charge in [-0.05, 0) is 50.1 Å². The minimum Gasteiger partial charge on any atom is -0.460 e. The highest BCUT2D eigenvalue weighted by molar-refractivity contribution is 6.05. The van der Waals surface area contributed by atoms with E-state index >= 15 is 0 Å². The summed E-state index contributed by atoms with van der Waals surface area (Å²) in [6.45, 7) is 5.99. The van der Waals surface area contributed by atoms with Gasteiger partial charge in [0, 0.05) is 24.3 Å². The maximum Gasteiger partial charge on any atom is 0.317 e. The Morgan fingerprint density at radius 3 is 2.70 bits per heavy atom. The van der Waals surface area contributed by atoms with Gasteiger partial charge in [-0.15, -0.1) is 0 Å². The van der Waals surface area contributed by atoms with Gasteiger partial charge in [0.2, 0.25) is 0 Å². The summed E-state index contributed by atoms with van der Waals surface area (Å²) < 4.78 is 11.1. The van der Waals surface area contributed by atoms with Crippen molar-refractivity contribution in [3.8, 4) is 28.5 Å². The number of carbonyl (C=O) groups is 1. The minimum atomic E-state index is -0.736. The summed E-state index contributed by atoms with van der Waals surface area (Å²) in [6.07, 6.45) is 3.27. The number of rotatable bonds is 7. The fraction of sp³-hybridized carbons (Fsp3) is 0.261. The highest BCUT2D eigenvalue weighted by atomic mass is 16.5.